The Bertz CT molecular complexity index is 1210. The van der Waals surface area contributed by atoms with Gasteiger partial charge in [-0.25, -0.2) is 13.8 Å². The Labute approximate surface area is 222 Å². The van der Waals surface area contributed by atoms with Gasteiger partial charge >= 0.3 is 0 Å². The molecule has 0 unspecified atom stereocenters. The van der Waals surface area contributed by atoms with E-state index in [2.05, 4.69) is 26.3 Å². The number of hydrogen-bond donors (Lipinski definition) is 2. The molecule has 1 fully saturated rings. The van der Waals surface area contributed by atoms with Crippen LogP contribution in [0.3, 0.4) is 0 Å². The molecule has 3 rings (SSSR count). The van der Waals surface area contributed by atoms with Crippen molar-refractivity contribution < 1.29 is 23.0 Å². The largest absolute Gasteiger partial charge is 0.487 e. The predicted octanol–water partition coefficient (Wildman–Crippen LogP) is 4.60. The van der Waals surface area contributed by atoms with Crippen LogP contribution in [-0.4, -0.2) is 73.2 Å². The SMILES string of the molecule is C/C=C\C(=C/c1ncc(-c2cc(C)c(C(=O)NCCN3CCOCC3)c(OCC(F)F)c2)[nH]1)C(C)(C)C#N. The van der Waals surface area contributed by atoms with Crippen LogP contribution < -0.4 is 10.1 Å². The molecule has 1 amide bonds. The third-order valence-corrected chi connectivity index (χ3v) is 6.25. The Morgan fingerprint density at radius 1 is 1.37 bits per heavy atom. The summed E-state index contributed by atoms with van der Waals surface area (Å²) in [5.74, 6) is 0.236. The van der Waals surface area contributed by atoms with Gasteiger partial charge in [-0.05, 0) is 57.0 Å². The highest BCUT2D eigenvalue weighted by atomic mass is 19.3. The number of allylic oxidation sites excluding steroid dienone is 3. The van der Waals surface area contributed by atoms with Gasteiger partial charge in [0.25, 0.3) is 12.3 Å². The second-order valence-electron chi connectivity index (χ2n) is 9.60. The van der Waals surface area contributed by atoms with E-state index in [0.29, 0.717) is 48.9 Å². The van der Waals surface area contributed by atoms with Crippen molar-refractivity contribution in [3.8, 4) is 23.1 Å². The molecule has 1 aromatic carbocycles. The molecule has 0 spiro atoms. The van der Waals surface area contributed by atoms with E-state index in [1.165, 1.54) is 0 Å². The number of H-pyrrole nitrogens is 1. The molecular weight excluding hydrogens is 492 g/mol. The quantitative estimate of drug-likeness (QED) is 0.414. The monoisotopic (exact) mass is 527 g/mol. The number of morpholine rings is 1. The maximum atomic E-state index is 13.0. The Morgan fingerprint density at radius 2 is 2.11 bits per heavy atom. The summed E-state index contributed by atoms with van der Waals surface area (Å²) in [4.78, 5) is 22.9. The molecule has 2 N–H and O–H groups in total. The van der Waals surface area contributed by atoms with Crippen LogP contribution in [0.15, 0.2) is 36.1 Å². The molecule has 10 heteroatoms. The van der Waals surface area contributed by atoms with E-state index in [1.807, 2.05) is 32.9 Å². The summed E-state index contributed by atoms with van der Waals surface area (Å²) in [5, 5.41) is 12.4. The van der Waals surface area contributed by atoms with Crippen LogP contribution in [0.1, 0.15) is 42.5 Å². The lowest BCUT2D eigenvalue weighted by Crippen LogP contribution is -2.41. The molecule has 1 aliphatic heterocycles. The minimum absolute atomic E-state index is 0.0797. The number of benzene rings is 1. The van der Waals surface area contributed by atoms with E-state index in [9.17, 15) is 18.8 Å². The number of aromatic amines is 1. The molecule has 2 heterocycles. The van der Waals surface area contributed by atoms with Crippen LogP contribution in [0.5, 0.6) is 5.75 Å². The van der Waals surface area contributed by atoms with E-state index >= 15 is 0 Å². The fraction of sp³-hybridized carbons (Fsp3) is 0.464. The van der Waals surface area contributed by atoms with Gasteiger partial charge < -0.3 is 19.8 Å². The Hall–Kier alpha value is -3.55. The molecule has 0 radical (unpaired) electrons. The number of amides is 1. The fourth-order valence-corrected chi connectivity index (χ4v) is 4.09. The topological polar surface area (TPSA) is 103 Å². The van der Waals surface area contributed by atoms with Crippen LogP contribution in [0.2, 0.25) is 0 Å². The van der Waals surface area contributed by atoms with E-state index in [4.69, 9.17) is 9.47 Å². The summed E-state index contributed by atoms with van der Waals surface area (Å²) in [6, 6.07) is 5.65. The van der Waals surface area contributed by atoms with Crippen LogP contribution in [0.25, 0.3) is 17.3 Å². The molecule has 0 atom stereocenters. The lowest BCUT2D eigenvalue weighted by atomic mass is 9.85. The van der Waals surface area contributed by atoms with Crippen molar-refractivity contribution in [1.29, 1.82) is 5.26 Å². The van der Waals surface area contributed by atoms with Crippen molar-refractivity contribution >= 4 is 12.0 Å². The van der Waals surface area contributed by atoms with Gasteiger partial charge in [0.2, 0.25) is 0 Å². The number of carbonyl (C=O) groups is 1. The number of hydrogen-bond acceptors (Lipinski definition) is 6. The Balaban J connectivity index is 1.86. The fourth-order valence-electron chi connectivity index (χ4n) is 4.09. The van der Waals surface area contributed by atoms with Crippen molar-refractivity contribution in [3.63, 3.8) is 0 Å². The smallest absolute Gasteiger partial charge is 0.272 e. The van der Waals surface area contributed by atoms with Crippen LogP contribution in [0, 0.1) is 23.7 Å². The number of alkyl halides is 2. The highest BCUT2D eigenvalue weighted by Gasteiger charge is 2.22. The van der Waals surface area contributed by atoms with Crippen molar-refractivity contribution in [2.45, 2.75) is 34.1 Å². The number of halogens is 2. The number of aryl methyl sites for hydroxylation is 1. The standard InChI is InChI=1S/C28H35F2N5O3/c1-5-6-21(28(3,4)18-31)15-25-33-16-22(34-25)20-13-19(2)26(23(14-20)38-17-24(29)30)27(36)32-7-8-35-9-11-37-12-10-35/h5-6,13-16,24H,7-12,17H2,1-4H3,(H,32,36)(H,33,34)/b6-5-,21-15+. The zero-order valence-corrected chi connectivity index (χ0v) is 22.3. The number of imidazole rings is 1. The van der Waals surface area contributed by atoms with Crippen LogP contribution in [-0.2, 0) is 4.74 Å². The molecule has 1 aromatic heterocycles. The van der Waals surface area contributed by atoms with Gasteiger partial charge in [-0.1, -0.05) is 12.2 Å². The molecule has 1 saturated heterocycles. The molecule has 204 valence electrons. The normalized spacial score (nSPS) is 15.2. The van der Waals surface area contributed by atoms with Crippen LogP contribution >= 0.6 is 0 Å². The van der Waals surface area contributed by atoms with Crippen molar-refractivity contribution in [2.75, 3.05) is 46.0 Å². The first-order valence-corrected chi connectivity index (χ1v) is 12.6. The lowest BCUT2D eigenvalue weighted by molar-refractivity contribution is 0.0383. The van der Waals surface area contributed by atoms with Gasteiger partial charge in [0.1, 0.15) is 18.2 Å². The first-order valence-electron chi connectivity index (χ1n) is 12.6. The molecule has 8 nitrogen and oxygen atoms in total. The van der Waals surface area contributed by atoms with Crippen LogP contribution in [0.4, 0.5) is 8.78 Å². The number of nitrogens with one attached hydrogen (secondary N) is 2. The summed E-state index contributed by atoms with van der Waals surface area (Å²) < 4.78 is 36.7. The molecule has 0 bridgehead atoms. The van der Waals surface area contributed by atoms with Crippen molar-refractivity contribution in [3.05, 3.63) is 53.0 Å². The molecule has 1 aliphatic rings. The van der Waals surface area contributed by atoms with Gasteiger partial charge in [0.15, 0.2) is 0 Å². The molecule has 38 heavy (non-hydrogen) atoms. The summed E-state index contributed by atoms with van der Waals surface area (Å²) >= 11 is 0. The molecule has 0 saturated carbocycles. The third-order valence-electron chi connectivity index (χ3n) is 6.25. The highest BCUT2D eigenvalue weighted by molar-refractivity contribution is 5.99. The minimum Gasteiger partial charge on any atom is -0.487 e. The Kier molecular flexibility index (Phi) is 10.2. The van der Waals surface area contributed by atoms with E-state index in [1.54, 1.807) is 31.3 Å². The summed E-state index contributed by atoms with van der Waals surface area (Å²) in [7, 11) is 0. The maximum absolute atomic E-state index is 13.0. The average molecular weight is 528 g/mol. The molecule has 2 aromatic rings. The average Bonchev–Trinajstić information content (AvgIpc) is 3.36. The maximum Gasteiger partial charge on any atom is 0.272 e. The van der Waals surface area contributed by atoms with E-state index in [0.717, 1.165) is 18.7 Å². The Morgan fingerprint density at radius 3 is 2.76 bits per heavy atom. The second-order valence-corrected chi connectivity index (χ2v) is 9.60. The zero-order chi connectivity index (χ0) is 27.7. The summed E-state index contributed by atoms with van der Waals surface area (Å²) in [6.07, 6.45) is 4.44. The summed E-state index contributed by atoms with van der Waals surface area (Å²) in [6.45, 7) is 10.5. The number of nitriles is 1. The third kappa shape index (κ3) is 7.73. The van der Waals surface area contributed by atoms with Gasteiger partial charge in [-0.3, -0.25) is 9.69 Å². The van der Waals surface area contributed by atoms with E-state index < -0.39 is 18.4 Å². The number of nitrogens with zero attached hydrogens (tertiary/aromatic N) is 3. The predicted molar refractivity (Wildman–Crippen MR) is 142 cm³/mol. The van der Waals surface area contributed by atoms with Gasteiger partial charge in [-0.2, -0.15) is 5.26 Å². The zero-order valence-electron chi connectivity index (χ0n) is 22.3. The van der Waals surface area contributed by atoms with Gasteiger partial charge in [-0.15, -0.1) is 0 Å². The number of aromatic nitrogens is 2. The number of ether oxygens (including phenoxy) is 2. The number of carbonyl (C=O) groups excluding carboxylic acids is 1. The van der Waals surface area contributed by atoms with Crippen molar-refractivity contribution in [2.24, 2.45) is 5.41 Å². The van der Waals surface area contributed by atoms with E-state index in [-0.39, 0.29) is 17.2 Å². The highest BCUT2D eigenvalue weighted by Crippen LogP contribution is 2.32. The number of rotatable bonds is 11. The molecule has 0 aliphatic carbocycles. The van der Waals surface area contributed by atoms with Crippen molar-refractivity contribution in [1.82, 2.24) is 20.2 Å². The lowest BCUT2D eigenvalue weighted by Gasteiger charge is -2.26. The summed E-state index contributed by atoms with van der Waals surface area (Å²) in [5.41, 5.74) is 2.13. The van der Waals surface area contributed by atoms with Gasteiger partial charge in [0.05, 0.1) is 42.2 Å². The first kappa shape index (κ1) is 29.0. The minimum atomic E-state index is -2.69. The van der Waals surface area contributed by atoms with Gasteiger partial charge in [0, 0.05) is 31.7 Å². The molecular formula is C28H35F2N5O3. The first-order chi connectivity index (χ1) is 18.1. The second kappa shape index (κ2) is 13.3.